The van der Waals surface area contributed by atoms with E-state index in [2.05, 4.69) is 10.6 Å². The highest BCUT2D eigenvalue weighted by atomic mass is 32.2. The second-order valence-corrected chi connectivity index (χ2v) is 4.75. The predicted molar refractivity (Wildman–Crippen MR) is 75.8 cm³/mol. The molecule has 4 N–H and O–H groups in total. The van der Waals surface area contributed by atoms with Crippen molar-refractivity contribution >= 4 is 35.0 Å². The highest BCUT2D eigenvalue weighted by molar-refractivity contribution is 7.99. The molecule has 0 unspecified atom stereocenters. The lowest BCUT2D eigenvalue weighted by Crippen LogP contribution is -2.15. The van der Waals surface area contributed by atoms with Crippen molar-refractivity contribution in [2.45, 2.75) is 6.92 Å². The number of anilines is 2. The molecule has 18 heavy (non-hydrogen) atoms. The molecule has 0 saturated heterocycles. The van der Waals surface area contributed by atoms with Gasteiger partial charge in [-0.25, -0.2) is 0 Å². The van der Waals surface area contributed by atoms with Crippen molar-refractivity contribution in [1.29, 1.82) is 0 Å². The molecule has 0 aliphatic heterocycles. The second-order valence-electron chi connectivity index (χ2n) is 3.65. The van der Waals surface area contributed by atoms with Gasteiger partial charge in [-0.05, 0) is 24.3 Å². The maximum Gasteiger partial charge on any atom is 0.234 e. The Morgan fingerprint density at radius 1 is 1.17 bits per heavy atom. The summed E-state index contributed by atoms with van der Waals surface area (Å²) in [5.41, 5.74) is 6.75. The van der Waals surface area contributed by atoms with Gasteiger partial charge in [-0.15, -0.1) is 0 Å². The van der Waals surface area contributed by atoms with E-state index in [9.17, 15) is 9.59 Å². The maximum atomic E-state index is 11.5. The molecule has 6 heteroatoms. The van der Waals surface area contributed by atoms with Gasteiger partial charge in [0.15, 0.2) is 0 Å². The first kappa shape index (κ1) is 14.5. The number of benzene rings is 1. The normalized spacial score (nSPS) is 9.89. The minimum absolute atomic E-state index is 0.0549. The molecule has 1 rings (SSSR count). The third kappa shape index (κ3) is 5.70. The van der Waals surface area contributed by atoms with Gasteiger partial charge in [0, 0.05) is 30.6 Å². The van der Waals surface area contributed by atoms with Crippen LogP contribution in [0.1, 0.15) is 6.92 Å². The molecule has 0 fully saturated rings. The van der Waals surface area contributed by atoms with E-state index in [0.717, 1.165) is 5.75 Å². The Balaban J connectivity index is 2.43. The second kappa shape index (κ2) is 7.73. The van der Waals surface area contributed by atoms with Crippen LogP contribution < -0.4 is 16.4 Å². The molecule has 0 radical (unpaired) electrons. The average molecular weight is 267 g/mol. The molecule has 0 aromatic heterocycles. The number of thioether (sulfide) groups is 1. The minimum atomic E-state index is -0.120. The summed E-state index contributed by atoms with van der Waals surface area (Å²) >= 11 is 1.50. The fourth-order valence-corrected chi connectivity index (χ4v) is 1.85. The Bertz CT molecular complexity index is 406. The van der Waals surface area contributed by atoms with Gasteiger partial charge in [0.2, 0.25) is 11.8 Å². The zero-order valence-electron chi connectivity index (χ0n) is 10.2. The van der Waals surface area contributed by atoms with Gasteiger partial charge in [0.1, 0.15) is 0 Å². The molecular formula is C12H17N3O2S. The monoisotopic (exact) mass is 267 g/mol. The third-order valence-corrected chi connectivity index (χ3v) is 2.98. The molecule has 0 spiro atoms. The summed E-state index contributed by atoms with van der Waals surface area (Å²) < 4.78 is 0. The molecule has 2 amide bonds. The van der Waals surface area contributed by atoms with Crippen LogP contribution in [0, 0.1) is 0 Å². The molecule has 1 aromatic rings. The Morgan fingerprint density at radius 2 is 1.72 bits per heavy atom. The smallest absolute Gasteiger partial charge is 0.234 e. The quantitative estimate of drug-likeness (QED) is 0.678. The molecule has 0 saturated carbocycles. The number of hydrogen-bond acceptors (Lipinski definition) is 4. The summed E-state index contributed by atoms with van der Waals surface area (Å²) in [5, 5.41) is 5.43. The molecule has 1 aromatic carbocycles. The Kier molecular flexibility index (Phi) is 6.24. The SMILES string of the molecule is CC(=O)Nc1ccc(NC(=O)CSCCN)cc1. The van der Waals surface area contributed by atoms with Crippen LogP contribution in [-0.4, -0.2) is 29.9 Å². The van der Waals surface area contributed by atoms with Crippen molar-refractivity contribution in [3.05, 3.63) is 24.3 Å². The van der Waals surface area contributed by atoms with E-state index >= 15 is 0 Å². The summed E-state index contributed by atoms with van der Waals surface area (Å²) in [7, 11) is 0. The van der Waals surface area contributed by atoms with Crippen molar-refractivity contribution in [2.75, 3.05) is 28.7 Å². The lowest BCUT2D eigenvalue weighted by Gasteiger charge is -2.06. The fraction of sp³-hybridized carbons (Fsp3) is 0.333. The summed E-state index contributed by atoms with van der Waals surface area (Å²) in [6.07, 6.45) is 0. The Morgan fingerprint density at radius 3 is 2.22 bits per heavy atom. The molecular weight excluding hydrogens is 250 g/mol. The van der Waals surface area contributed by atoms with E-state index in [-0.39, 0.29) is 11.8 Å². The predicted octanol–water partition coefficient (Wildman–Crippen LogP) is 1.28. The highest BCUT2D eigenvalue weighted by Crippen LogP contribution is 2.13. The first-order valence-electron chi connectivity index (χ1n) is 5.57. The minimum Gasteiger partial charge on any atom is -0.330 e. The van der Waals surface area contributed by atoms with Gasteiger partial charge in [-0.2, -0.15) is 11.8 Å². The summed E-state index contributed by atoms with van der Waals surface area (Å²) in [6.45, 7) is 2.02. The average Bonchev–Trinajstić information content (AvgIpc) is 2.31. The molecule has 0 aliphatic carbocycles. The van der Waals surface area contributed by atoms with Crippen LogP contribution in [0.5, 0.6) is 0 Å². The zero-order valence-corrected chi connectivity index (χ0v) is 11.0. The topological polar surface area (TPSA) is 84.2 Å². The first-order chi connectivity index (χ1) is 8.61. The first-order valence-corrected chi connectivity index (χ1v) is 6.72. The van der Waals surface area contributed by atoms with Crippen LogP contribution in [0.15, 0.2) is 24.3 Å². The molecule has 0 bridgehead atoms. The van der Waals surface area contributed by atoms with Crippen LogP contribution in [0.4, 0.5) is 11.4 Å². The largest absolute Gasteiger partial charge is 0.330 e. The van der Waals surface area contributed by atoms with Crippen molar-refractivity contribution in [3.8, 4) is 0 Å². The van der Waals surface area contributed by atoms with E-state index < -0.39 is 0 Å². The lowest BCUT2D eigenvalue weighted by atomic mass is 10.3. The number of nitrogens with one attached hydrogen (secondary N) is 2. The third-order valence-electron chi connectivity index (χ3n) is 1.98. The van der Waals surface area contributed by atoms with E-state index in [0.29, 0.717) is 23.7 Å². The Hall–Kier alpha value is -1.53. The van der Waals surface area contributed by atoms with Gasteiger partial charge in [-0.1, -0.05) is 0 Å². The van der Waals surface area contributed by atoms with E-state index in [1.54, 1.807) is 24.3 Å². The Labute approximate surface area is 111 Å². The van der Waals surface area contributed by atoms with Gasteiger partial charge in [-0.3, -0.25) is 9.59 Å². The fourth-order valence-electron chi connectivity index (χ4n) is 1.29. The van der Waals surface area contributed by atoms with E-state index in [1.165, 1.54) is 18.7 Å². The molecule has 0 heterocycles. The van der Waals surface area contributed by atoms with Crippen LogP contribution >= 0.6 is 11.8 Å². The molecule has 98 valence electrons. The van der Waals surface area contributed by atoms with Gasteiger partial charge < -0.3 is 16.4 Å². The number of nitrogens with two attached hydrogens (primary N) is 1. The van der Waals surface area contributed by atoms with E-state index in [4.69, 9.17) is 5.73 Å². The highest BCUT2D eigenvalue weighted by Gasteiger charge is 2.02. The van der Waals surface area contributed by atoms with Crippen molar-refractivity contribution in [3.63, 3.8) is 0 Å². The van der Waals surface area contributed by atoms with E-state index in [1.807, 2.05) is 0 Å². The summed E-state index contributed by atoms with van der Waals surface area (Å²) in [4.78, 5) is 22.3. The number of amides is 2. The van der Waals surface area contributed by atoms with Crippen LogP contribution in [-0.2, 0) is 9.59 Å². The van der Waals surface area contributed by atoms with Gasteiger partial charge in [0.25, 0.3) is 0 Å². The number of carbonyl (C=O) groups excluding carboxylic acids is 2. The number of hydrogen-bond donors (Lipinski definition) is 3. The molecule has 0 atom stereocenters. The van der Waals surface area contributed by atoms with Crippen molar-refractivity contribution in [1.82, 2.24) is 0 Å². The zero-order chi connectivity index (χ0) is 13.4. The standard InChI is InChI=1S/C12H17N3O2S/c1-9(16)14-10-2-4-11(5-3-10)15-12(17)8-18-7-6-13/h2-5H,6-8,13H2,1H3,(H,14,16)(H,15,17). The van der Waals surface area contributed by atoms with Crippen molar-refractivity contribution in [2.24, 2.45) is 5.73 Å². The molecule has 0 aliphatic rings. The maximum absolute atomic E-state index is 11.5. The lowest BCUT2D eigenvalue weighted by molar-refractivity contribution is -0.114. The number of carbonyl (C=O) groups is 2. The van der Waals surface area contributed by atoms with Crippen LogP contribution in [0.25, 0.3) is 0 Å². The summed E-state index contributed by atoms with van der Waals surface area (Å²) in [5.74, 6) is 0.991. The number of rotatable bonds is 6. The van der Waals surface area contributed by atoms with Crippen LogP contribution in [0.2, 0.25) is 0 Å². The molecule has 5 nitrogen and oxygen atoms in total. The van der Waals surface area contributed by atoms with Gasteiger partial charge in [0.05, 0.1) is 5.75 Å². The van der Waals surface area contributed by atoms with Gasteiger partial charge >= 0.3 is 0 Å². The summed E-state index contributed by atoms with van der Waals surface area (Å²) in [6, 6.07) is 6.97. The van der Waals surface area contributed by atoms with Crippen LogP contribution in [0.3, 0.4) is 0 Å². The van der Waals surface area contributed by atoms with Crippen molar-refractivity contribution < 1.29 is 9.59 Å².